The van der Waals surface area contributed by atoms with Crippen LogP contribution in [0.4, 0.5) is 11.4 Å². The molecule has 0 amide bonds. The van der Waals surface area contributed by atoms with Crippen molar-refractivity contribution in [2.45, 2.75) is 18.5 Å². The fraction of sp³-hybridized carbons (Fsp3) is 0.176. The van der Waals surface area contributed by atoms with Crippen molar-refractivity contribution in [2.24, 2.45) is 0 Å². The first-order valence-electron chi connectivity index (χ1n) is 7.08. The lowest BCUT2D eigenvalue weighted by atomic mass is 10.2. The molecule has 0 aliphatic heterocycles. The largest absolute Gasteiger partial charge is 0.354 e. The molecule has 0 unspecified atom stereocenters. The van der Waals surface area contributed by atoms with Gasteiger partial charge in [-0.2, -0.15) is 0 Å². The smallest absolute Gasteiger partial charge is 0.105 e. The van der Waals surface area contributed by atoms with E-state index in [0.29, 0.717) is 0 Å². The van der Waals surface area contributed by atoms with E-state index in [2.05, 4.69) is 44.1 Å². The predicted molar refractivity (Wildman–Crippen MR) is 91.8 cm³/mol. The summed E-state index contributed by atoms with van der Waals surface area (Å²) in [5, 5.41) is 4.39. The van der Waals surface area contributed by atoms with Gasteiger partial charge in [-0.15, -0.1) is 11.8 Å². The first-order chi connectivity index (χ1) is 10.7. The maximum atomic E-state index is 4.36. The summed E-state index contributed by atoms with van der Waals surface area (Å²) in [6.07, 6.45) is 7.71. The minimum Gasteiger partial charge on any atom is -0.354 e. The Labute approximate surface area is 134 Å². The fourth-order valence-electron chi connectivity index (χ4n) is 2.20. The maximum absolute atomic E-state index is 4.36. The number of anilines is 2. The van der Waals surface area contributed by atoms with Crippen molar-refractivity contribution in [3.05, 3.63) is 66.4 Å². The Hall–Kier alpha value is -2.27. The average Bonchev–Trinajstić information content (AvgIpc) is 2.95. The van der Waals surface area contributed by atoms with Gasteiger partial charge >= 0.3 is 0 Å². The molecule has 0 fully saturated rings. The summed E-state index contributed by atoms with van der Waals surface area (Å²) in [6, 6.07) is 12.5. The van der Waals surface area contributed by atoms with E-state index >= 15 is 0 Å². The van der Waals surface area contributed by atoms with Crippen molar-refractivity contribution in [3.8, 4) is 0 Å². The average molecular weight is 310 g/mol. The summed E-state index contributed by atoms with van der Waals surface area (Å²) in [4.78, 5) is 8.60. The number of nitrogens with one attached hydrogen (secondary N) is 1. The Morgan fingerprint density at radius 2 is 1.82 bits per heavy atom. The van der Waals surface area contributed by atoms with Crippen molar-refractivity contribution < 1.29 is 0 Å². The third-order valence-corrected chi connectivity index (χ3v) is 4.12. The van der Waals surface area contributed by atoms with Crippen molar-refractivity contribution >= 4 is 23.1 Å². The molecule has 112 valence electrons. The Bertz CT molecular complexity index is 732. The zero-order valence-corrected chi connectivity index (χ0v) is 13.5. The first kappa shape index (κ1) is 14.7. The van der Waals surface area contributed by atoms with Crippen LogP contribution < -0.4 is 5.32 Å². The SMILES string of the molecule is CSc1ccc(Nc2ccc(Cn3ccnc3C)cc2)cn1. The molecular weight excluding hydrogens is 292 g/mol. The zero-order chi connectivity index (χ0) is 15.4. The van der Waals surface area contributed by atoms with Gasteiger partial charge in [0, 0.05) is 24.6 Å². The van der Waals surface area contributed by atoms with E-state index in [0.717, 1.165) is 28.8 Å². The number of nitrogens with zero attached hydrogens (tertiary/aromatic N) is 3. The van der Waals surface area contributed by atoms with E-state index in [4.69, 9.17) is 0 Å². The van der Waals surface area contributed by atoms with Gasteiger partial charge in [-0.1, -0.05) is 12.1 Å². The Morgan fingerprint density at radius 3 is 2.41 bits per heavy atom. The fourth-order valence-corrected chi connectivity index (χ4v) is 2.56. The van der Waals surface area contributed by atoms with Crippen LogP contribution in [0.5, 0.6) is 0 Å². The van der Waals surface area contributed by atoms with Crippen LogP contribution in [0.2, 0.25) is 0 Å². The summed E-state index contributed by atoms with van der Waals surface area (Å²) in [7, 11) is 0. The van der Waals surface area contributed by atoms with E-state index < -0.39 is 0 Å². The Kier molecular flexibility index (Phi) is 4.44. The van der Waals surface area contributed by atoms with Gasteiger partial charge in [0.15, 0.2) is 0 Å². The highest BCUT2D eigenvalue weighted by Gasteiger charge is 2.00. The molecule has 1 N–H and O–H groups in total. The predicted octanol–water partition coefficient (Wildman–Crippen LogP) is 4.10. The summed E-state index contributed by atoms with van der Waals surface area (Å²) >= 11 is 1.64. The summed E-state index contributed by atoms with van der Waals surface area (Å²) in [6.45, 7) is 2.86. The number of aryl methyl sites for hydroxylation is 1. The van der Waals surface area contributed by atoms with Crippen LogP contribution in [0.15, 0.2) is 60.0 Å². The maximum Gasteiger partial charge on any atom is 0.105 e. The van der Waals surface area contributed by atoms with Crippen LogP contribution in [0, 0.1) is 6.92 Å². The molecule has 3 rings (SSSR count). The van der Waals surface area contributed by atoms with Crippen LogP contribution in [-0.4, -0.2) is 20.8 Å². The quantitative estimate of drug-likeness (QED) is 0.721. The molecule has 2 aromatic heterocycles. The molecule has 22 heavy (non-hydrogen) atoms. The van der Waals surface area contributed by atoms with Gasteiger partial charge in [0.1, 0.15) is 5.82 Å². The number of thioether (sulfide) groups is 1. The summed E-state index contributed by atoms with van der Waals surface area (Å²) < 4.78 is 2.13. The summed E-state index contributed by atoms with van der Waals surface area (Å²) in [5.74, 6) is 1.03. The molecule has 0 radical (unpaired) electrons. The van der Waals surface area contributed by atoms with Crippen LogP contribution in [0.3, 0.4) is 0 Å². The highest BCUT2D eigenvalue weighted by molar-refractivity contribution is 7.98. The van der Waals surface area contributed by atoms with Crippen molar-refractivity contribution in [2.75, 3.05) is 11.6 Å². The molecule has 0 atom stereocenters. The van der Waals surface area contributed by atoms with Gasteiger partial charge in [-0.3, -0.25) is 0 Å². The van der Waals surface area contributed by atoms with Gasteiger partial charge in [-0.05, 0) is 43.0 Å². The normalized spacial score (nSPS) is 10.6. The van der Waals surface area contributed by atoms with Gasteiger partial charge in [0.25, 0.3) is 0 Å². The third-order valence-electron chi connectivity index (χ3n) is 3.46. The number of hydrogen-bond acceptors (Lipinski definition) is 4. The molecular formula is C17H18N4S. The van der Waals surface area contributed by atoms with Crippen LogP contribution in [0.1, 0.15) is 11.4 Å². The number of hydrogen-bond donors (Lipinski definition) is 1. The molecule has 0 bridgehead atoms. The second-order valence-corrected chi connectivity index (χ2v) is 5.84. The monoisotopic (exact) mass is 310 g/mol. The van der Waals surface area contributed by atoms with Gasteiger partial charge in [0.05, 0.1) is 16.9 Å². The molecule has 2 heterocycles. The van der Waals surface area contributed by atoms with E-state index in [9.17, 15) is 0 Å². The number of pyridine rings is 1. The van der Waals surface area contributed by atoms with Gasteiger partial charge in [0.2, 0.25) is 0 Å². The number of aromatic nitrogens is 3. The number of imidazole rings is 1. The second-order valence-electron chi connectivity index (χ2n) is 5.01. The van der Waals surface area contributed by atoms with Crippen LogP contribution in [-0.2, 0) is 6.54 Å². The van der Waals surface area contributed by atoms with Gasteiger partial charge in [-0.25, -0.2) is 9.97 Å². The lowest BCUT2D eigenvalue weighted by Gasteiger charge is -2.09. The number of benzene rings is 1. The highest BCUT2D eigenvalue weighted by Crippen LogP contribution is 2.19. The van der Waals surface area contributed by atoms with Crippen molar-refractivity contribution in [1.82, 2.24) is 14.5 Å². The minimum atomic E-state index is 0.843. The molecule has 0 spiro atoms. The lowest BCUT2D eigenvalue weighted by Crippen LogP contribution is -2.00. The molecule has 0 aliphatic carbocycles. The lowest BCUT2D eigenvalue weighted by molar-refractivity contribution is 0.762. The second kappa shape index (κ2) is 6.66. The molecule has 0 saturated carbocycles. The number of rotatable bonds is 5. The molecule has 0 saturated heterocycles. The van der Waals surface area contributed by atoms with E-state index in [-0.39, 0.29) is 0 Å². The van der Waals surface area contributed by atoms with Crippen molar-refractivity contribution in [3.63, 3.8) is 0 Å². The van der Waals surface area contributed by atoms with E-state index in [1.54, 1.807) is 11.8 Å². The third kappa shape index (κ3) is 3.49. The van der Waals surface area contributed by atoms with Crippen LogP contribution >= 0.6 is 11.8 Å². The standard InChI is InChI=1S/C17H18N4S/c1-13-18-9-10-21(13)12-14-3-5-15(6-4-14)20-16-7-8-17(22-2)19-11-16/h3-11,20H,12H2,1-2H3. The van der Waals surface area contributed by atoms with Crippen LogP contribution in [0.25, 0.3) is 0 Å². The van der Waals surface area contributed by atoms with E-state index in [1.165, 1.54) is 5.56 Å². The minimum absolute atomic E-state index is 0.843. The topological polar surface area (TPSA) is 42.7 Å². The zero-order valence-electron chi connectivity index (χ0n) is 12.7. The highest BCUT2D eigenvalue weighted by atomic mass is 32.2. The molecule has 5 heteroatoms. The molecule has 3 aromatic rings. The molecule has 1 aromatic carbocycles. The summed E-state index contributed by atoms with van der Waals surface area (Å²) in [5.41, 5.74) is 3.31. The van der Waals surface area contributed by atoms with E-state index in [1.807, 2.05) is 43.9 Å². The molecule has 0 aliphatic rings. The first-order valence-corrected chi connectivity index (χ1v) is 8.31. The Balaban J connectivity index is 1.67. The molecule has 4 nitrogen and oxygen atoms in total. The Morgan fingerprint density at radius 1 is 1.05 bits per heavy atom. The van der Waals surface area contributed by atoms with Gasteiger partial charge < -0.3 is 9.88 Å². The van der Waals surface area contributed by atoms with Crippen molar-refractivity contribution in [1.29, 1.82) is 0 Å².